The van der Waals surface area contributed by atoms with Gasteiger partial charge in [0.25, 0.3) is 5.91 Å². The molecule has 1 amide bonds. The fourth-order valence-corrected chi connectivity index (χ4v) is 3.11. The number of halogens is 1. The van der Waals surface area contributed by atoms with Crippen molar-refractivity contribution in [2.24, 2.45) is 0 Å². The Kier molecular flexibility index (Phi) is 5.61. The maximum Gasteiger partial charge on any atom is 0.287 e. The number of hydrogen-bond acceptors (Lipinski definition) is 4. The molecule has 0 radical (unpaired) electrons. The van der Waals surface area contributed by atoms with E-state index in [0.717, 1.165) is 34.4 Å². The summed E-state index contributed by atoms with van der Waals surface area (Å²) in [6.07, 6.45) is 3.43. The number of carbonyl (C=O) groups excluding carboxylic acids is 1. The zero-order valence-corrected chi connectivity index (χ0v) is 16.0. The number of ether oxygens (including phenoxy) is 1. The van der Waals surface area contributed by atoms with Crippen molar-refractivity contribution in [1.82, 2.24) is 10.3 Å². The molecule has 6 nitrogen and oxygen atoms in total. The van der Waals surface area contributed by atoms with Crippen LogP contribution in [0.5, 0.6) is 5.75 Å². The van der Waals surface area contributed by atoms with E-state index in [4.69, 9.17) is 9.15 Å². The van der Waals surface area contributed by atoms with E-state index in [1.807, 2.05) is 30.3 Å². The molecule has 2 heterocycles. The number of carbonyl (C=O) groups is 1. The van der Waals surface area contributed by atoms with Crippen LogP contribution in [0.2, 0.25) is 0 Å². The van der Waals surface area contributed by atoms with Gasteiger partial charge in [0.1, 0.15) is 18.7 Å². The normalized spacial score (nSPS) is 10.8. The van der Waals surface area contributed by atoms with Gasteiger partial charge in [-0.25, -0.2) is 4.39 Å². The molecule has 0 aliphatic carbocycles. The van der Waals surface area contributed by atoms with E-state index in [1.54, 1.807) is 12.3 Å². The van der Waals surface area contributed by atoms with Crippen LogP contribution in [0.15, 0.2) is 76.3 Å². The second-order valence-electron chi connectivity index (χ2n) is 6.76. The first-order valence-corrected chi connectivity index (χ1v) is 9.43. The number of hydrogen-bond donors (Lipinski definition) is 2. The first-order valence-electron chi connectivity index (χ1n) is 9.43. The van der Waals surface area contributed by atoms with E-state index >= 15 is 0 Å². The highest BCUT2D eigenvalue weighted by molar-refractivity contribution is 5.91. The highest BCUT2D eigenvalue weighted by Crippen LogP contribution is 2.19. The number of benzene rings is 2. The Hall–Kier alpha value is -3.87. The summed E-state index contributed by atoms with van der Waals surface area (Å²) in [7, 11) is 0. The monoisotopic (exact) mass is 406 g/mol. The Labute approximate surface area is 171 Å². The molecule has 0 unspecified atom stereocenters. The summed E-state index contributed by atoms with van der Waals surface area (Å²) >= 11 is 0. The first kappa shape index (κ1) is 19.4. The van der Waals surface area contributed by atoms with Gasteiger partial charge >= 0.3 is 0 Å². The molecule has 7 heteroatoms. The van der Waals surface area contributed by atoms with Crippen LogP contribution in [0.1, 0.15) is 21.7 Å². The minimum absolute atomic E-state index is 0.0382. The van der Waals surface area contributed by atoms with E-state index in [9.17, 15) is 14.0 Å². The van der Waals surface area contributed by atoms with Crippen LogP contribution in [0.25, 0.3) is 10.9 Å². The summed E-state index contributed by atoms with van der Waals surface area (Å²) in [5.41, 5.74) is 2.19. The van der Waals surface area contributed by atoms with E-state index < -0.39 is 11.3 Å². The molecule has 0 aliphatic heterocycles. The van der Waals surface area contributed by atoms with Gasteiger partial charge in [0.05, 0.1) is 0 Å². The van der Waals surface area contributed by atoms with Crippen molar-refractivity contribution in [2.75, 3.05) is 6.54 Å². The third-order valence-electron chi connectivity index (χ3n) is 4.67. The molecule has 2 N–H and O–H groups in total. The van der Waals surface area contributed by atoms with Gasteiger partial charge in [0, 0.05) is 29.7 Å². The van der Waals surface area contributed by atoms with Gasteiger partial charge in [-0.1, -0.05) is 30.3 Å². The molecule has 0 spiro atoms. The average molecular weight is 406 g/mol. The second kappa shape index (κ2) is 8.65. The molecule has 2 aromatic heterocycles. The van der Waals surface area contributed by atoms with Crippen molar-refractivity contribution in [2.45, 2.75) is 13.0 Å². The number of nitrogens with one attached hydrogen (secondary N) is 2. The summed E-state index contributed by atoms with van der Waals surface area (Å²) in [5, 5.41) is 3.47. The second-order valence-corrected chi connectivity index (χ2v) is 6.76. The fraction of sp³-hybridized carbons (Fsp3) is 0.130. The van der Waals surface area contributed by atoms with Crippen molar-refractivity contribution < 1.29 is 18.3 Å². The van der Waals surface area contributed by atoms with Crippen LogP contribution < -0.4 is 15.5 Å². The largest absolute Gasteiger partial charge is 0.482 e. The van der Waals surface area contributed by atoms with Crippen molar-refractivity contribution in [1.29, 1.82) is 0 Å². The van der Waals surface area contributed by atoms with Gasteiger partial charge in [-0.05, 0) is 35.7 Å². The highest BCUT2D eigenvalue weighted by atomic mass is 19.1. The minimum Gasteiger partial charge on any atom is -0.482 e. The molecule has 2 aromatic carbocycles. The van der Waals surface area contributed by atoms with Crippen molar-refractivity contribution in [3.8, 4) is 5.75 Å². The van der Waals surface area contributed by atoms with Gasteiger partial charge < -0.3 is 19.5 Å². The third kappa shape index (κ3) is 4.41. The molecule has 0 aliphatic rings. The molecular formula is C23H19FN2O4. The Morgan fingerprint density at radius 3 is 2.77 bits per heavy atom. The van der Waals surface area contributed by atoms with E-state index in [0.29, 0.717) is 13.0 Å². The Balaban J connectivity index is 1.34. The van der Waals surface area contributed by atoms with Crippen molar-refractivity contribution in [3.63, 3.8) is 0 Å². The quantitative estimate of drug-likeness (QED) is 0.489. The number of rotatable bonds is 7. The fourth-order valence-electron chi connectivity index (χ4n) is 3.11. The van der Waals surface area contributed by atoms with Crippen LogP contribution in [0.3, 0.4) is 0 Å². The topological polar surface area (TPSA) is 84.3 Å². The van der Waals surface area contributed by atoms with Crippen molar-refractivity contribution >= 4 is 16.8 Å². The average Bonchev–Trinajstić information content (AvgIpc) is 3.15. The van der Waals surface area contributed by atoms with Gasteiger partial charge in [-0.3, -0.25) is 9.59 Å². The lowest BCUT2D eigenvalue weighted by molar-refractivity contribution is 0.0923. The number of H-pyrrole nitrogens is 1. The minimum atomic E-state index is -0.507. The smallest absolute Gasteiger partial charge is 0.287 e. The molecule has 152 valence electrons. The highest BCUT2D eigenvalue weighted by Gasteiger charge is 2.13. The molecule has 0 saturated heterocycles. The molecule has 0 saturated carbocycles. The summed E-state index contributed by atoms with van der Waals surface area (Å²) in [6.45, 7) is 0.528. The molecular weight excluding hydrogens is 387 g/mol. The zero-order valence-electron chi connectivity index (χ0n) is 16.0. The Morgan fingerprint density at radius 1 is 1.13 bits per heavy atom. The van der Waals surface area contributed by atoms with Gasteiger partial charge in [0.2, 0.25) is 11.2 Å². The predicted molar refractivity (Wildman–Crippen MR) is 110 cm³/mol. The Bertz CT molecular complexity index is 1230. The van der Waals surface area contributed by atoms with E-state index in [-0.39, 0.29) is 23.9 Å². The number of amides is 1. The SMILES string of the molecule is O=C(NCCc1c[nH]c2ccc(F)cc12)c1cc(=O)c(OCc2ccccc2)co1. The van der Waals surface area contributed by atoms with E-state index in [1.165, 1.54) is 12.1 Å². The lowest BCUT2D eigenvalue weighted by Gasteiger charge is -2.07. The van der Waals surface area contributed by atoms with Crippen LogP contribution >= 0.6 is 0 Å². The van der Waals surface area contributed by atoms with Crippen LogP contribution in [0, 0.1) is 5.82 Å². The molecule has 0 fully saturated rings. The van der Waals surface area contributed by atoms with Gasteiger partial charge in [0.15, 0.2) is 5.76 Å². The molecule has 4 rings (SSSR count). The zero-order chi connectivity index (χ0) is 20.9. The maximum atomic E-state index is 13.5. The Morgan fingerprint density at radius 2 is 1.97 bits per heavy atom. The van der Waals surface area contributed by atoms with Crippen LogP contribution in [-0.4, -0.2) is 17.4 Å². The lowest BCUT2D eigenvalue weighted by Crippen LogP contribution is -2.26. The van der Waals surface area contributed by atoms with Crippen molar-refractivity contribution in [3.05, 3.63) is 100.0 Å². The molecule has 0 atom stereocenters. The van der Waals surface area contributed by atoms with Gasteiger partial charge in [-0.2, -0.15) is 0 Å². The maximum absolute atomic E-state index is 13.5. The summed E-state index contributed by atoms with van der Waals surface area (Å²) in [4.78, 5) is 27.6. The molecule has 30 heavy (non-hydrogen) atoms. The van der Waals surface area contributed by atoms with Gasteiger partial charge in [-0.15, -0.1) is 0 Å². The molecule has 4 aromatic rings. The standard InChI is InChI=1S/C23H19FN2O4/c24-17-6-7-19-18(10-17)16(12-26-19)8-9-25-23(28)21-11-20(27)22(14-30-21)29-13-15-4-2-1-3-5-15/h1-7,10-12,14,26H,8-9,13H2,(H,25,28). The third-order valence-corrected chi connectivity index (χ3v) is 4.67. The molecule has 0 bridgehead atoms. The van der Waals surface area contributed by atoms with E-state index in [2.05, 4.69) is 10.3 Å². The number of fused-ring (bicyclic) bond motifs is 1. The summed E-state index contributed by atoms with van der Waals surface area (Å²) in [5.74, 6) is -0.885. The summed E-state index contributed by atoms with van der Waals surface area (Å²) < 4.78 is 24.2. The van der Waals surface area contributed by atoms with Crippen LogP contribution in [-0.2, 0) is 13.0 Å². The number of aromatic amines is 1. The summed E-state index contributed by atoms with van der Waals surface area (Å²) in [6, 6.07) is 15.0. The number of aromatic nitrogens is 1. The van der Waals surface area contributed by atoms with Crippen LogP contribution in [0.4, 0.5) is 4.39 Å². The lowest BCUT2D eigenvalue weighted by atomic mass is 10.1. The predicted octanol–water partition coefficient (Wildman–Crippen LogP) is 3.81. The first-order chi connectivity index (χ1) is 14.6.